The summed E-state index contributed by atoms with van der Waals surface area (Å²) in [5, 5.41) is 0. The summed E-state index contributed by atoms with van der Waals surface area (Å²) in [4.78, 5) is 16.9. The molecule has 0 radical (unpaired) electrons. The highest BCUT2D eigenvalue weighted by Gasteiger charge is 2.36. The van der Waals surface area contributed by atoms with Crippen LogP contribution in [0.1, 0.15) is 30.5 Å². The first-order valence-corrected chi connectivity index (χ1v) is 12.9. The Morgan fingerprint density at radius 1 is 1.00 bits per heavy atom. The van der Waals surface area contributed by atoms with E-state index in [0.29, 0.717) is 22.8 Å². The lowest BCUT2D eigenvalue weighted by Gasteiger charge is -2.22. The molecule has 4 nitrogen and oxygen atoms in total. The quantitative estimate of drug-likeness (QED) is 0.217. The molecular formula is C28H25F3N2O2S2. The molecule has 3 aromatic carbocycles. The largest absolute Gasteiger partial charge is 0.488 e. The number of benzene rings is 3. The van der Waals surface area contributed by atoms with E-state index in [1.54, 1.807) is 6.08 Å². The van der Waals surface area contributed by atoms with E-state index in [1.165, 1.54) is 12.1 Å². The fraction of sp³-hybridized carbons (Fsp3) is 0.214. The van der Waals surface area contributed by atoms with Gasteiger partial charge in [-0.15, -0.1) is 0 Å². The summed E-state index contributed by atoms with van der Waals surface area (Å²) >= 11 is 6.42. The lowest BCUT2D eigenvalue weighted by molar-refractivity contribution is -0.137. The van der Waals surface area contributed by atoms with Gasteiger partial charge in [0, 0.05) is 30.4 Å². The van der Waals surface area contributed by atoms with Gasteiger partial charge in [-0.1, -0.05) is 60.4 Å². The molecule has 0 atom stereocenters. The summed E-state index contributed by atoms with van der Waals surface area (Å²) in [7, 11) is 0. The van der Waals surface area contributed by atoms with Crippen LogP contribution in [0.25, 0.3) is 6.08 Å². The second-order valence-electron chi connectivity index (χ2n) is 8.23. The molecule has 9 heteroatoms. The van der Waals surface area contributed by atoms with Gasteiger partial charge < -0.3 is 9.64 Å². The molecule has 192 valence electrons. The zero-order valence-corrected chi connectivity index (χ0v) is 21.9. The number of thioether (sulfide) groups is 1. The van der Waals surface area contributed by atoms with E-state index in [2.05, 4.69) is 18.7 Å². The maximum Gasteiger partial charge on any atom is 0.416 e. The Bertz CT molecular complexity index is 1320. The van der Waals surface area contributed by atoms with Gasteiger partial charge in [0.05, 0.1) is 16.2 Å². The molecule has 1 heterocycles. The van der Waals surface area contributed by atoms with Crippen LogP contribution in [0.2, 0.25) is 0 Å². The standard InChI is InChI=1S/C28H25F3N2O2S2/c1-3-32(4-2)22-14-13-20(24(17-22)35-18-19-9-6-5-7-10-19)15-25-26(34)33(27(36)37-25)23-12-8-11-21(16-23)28(29,30)31/h5-17H,3-4,18H2,1-2H3/b25-15-. The van der Waals surface area contributed by atoms with E-state index in [9.17, 15) is 18.0 Å². The van der Waals surface area contributed by atoms with Crippen LogP contribution in [0.3, 0.4) is 0 Å². The molecule has 0 spiro atoms. The molecule has 1 fully saturated rings. The van der Waals surface area contributed by atoms with E-state index >= 15 is 0 Å². The van der Waals surface area contributed by atoms with Crippen LogP contribution >= 0.6 is 24.0 Å². The number of alkyl halides is 3. The third-order valence-corrected chi connectivity index (χ3v) is 7.18. The molecule has 0 N–H and O–H groups in total. The van der Waals surface area contributed by atoms with Crippen molar-refractivity contribution in [3.8, 4) is 5.75 Å². The van der Waals surface area contributed by atoms with Gasteiger partial charge in [-0.25, -0.2) is 0 Å². The summed E-state index contributed by atoms with van der Waals surface area (Å²) in [6, 6.07) is 20.1. The fourth-order valence-electron chi connectivity index (χ4n) is 3.94. The number of hydrogen-bond donors (Lipinski definition) is 0. The van der Waals surface area contributed by atoms with Crippen molar-refractivity contribution >= 4 is 51.7 Å². The predicted octanol–water partition coefficient (Wildman–Crippen LogP) is 7.54. The summed E-state index contributed by atoms with van der Waals surface area (Å²) in [5.74, 6) is 0.119. The van der Waals surface area contributed by atoms with Crippen LogP contribution in [-0.4, -0.2) is 23.3 Å². The minimum Gasteiger partial charge on any atom is -0.488 e. The molecule has 0 aromatic heterocycles. The molecule has 0 bridgehead atoms. The van der Waals surface area contributed by atoms with Gasteiger partial charge in [0.15, 0.2) is 4.32 Å². The molecule has 1 saturated heterocycles. The molecule has 1 aliphatic rings. The highest BCUT2D eigenvalue weighted by Crippen LogP contribution is 2.39. The van der Waals surface area contributed by atoms with Crippen molar-refractivity contribution < 1.29 is 22.7 Å². The molecule has 0 saturated carbocycles. The van der Waals surface area contributed by atoms with Gasteiger partial charge in [0.25, 0.3) is 5.91 Å². The van der Waals surface area contributed by atoms with Gasteiger partial charge in [0.2, 0.25) is 0 Å². The average molecular weight is 543 g/mol. The van der Waals surface area contributed by atoms with Gasteiger partial charge in [-0.2, -0.15) is 13.2 Å². The molecule has 37 heavy (non-hydrogen) atoms. The van der Waals surface area contributed by atoms with Gasteiger partial charge >= 0.3 is 6.18 Å². The number of hydrogen-bond acceptors (Lipinski definition) is 5. The molecular weight excluding hydrogens is 517 g/mol. The minimum atomic E-state index is -4.52. The van der Waals surface area contributed by atoms with Crippen LogP contribution < -0.4 is 14.5 Å². The lowest BCUT2D eigenvalue weighted by atomic mass is 10.1. The van der Waals surface area contributed by atoms with Crippen molar-refractivity contribution in [1.29, 1.82) is 0 Å². The molecule has 0 unspecified atom stereocenters. The molecule has 3 aromatic rings. The summed E-state index contributed by atoms with van der Waals surface area (Å²) < 4.78 is 46.0. The number of halogens is 3. The Morgan fingerprint density at radius 2 is 1.73 bits per heavy atom. The van der Waals surface area contributed by atoms with E-state index in [4.69, 9.17) is 17.0 Å². The Labute approximate surface area is 223 Å². The first kappa shape index (κ1) is 26.8. The number of nitrogens with zero attached hydrogens (tertiary/aromatic N) is 2. The van der Waals surface area contributed by atoms with Crippen molar-refractivity contribution in [3.63, 3.8) is 0 Å². The second-order valence-corrected chi connectivity index (χ2v) is 9.91. The maximum absolute atomic E-state index is 13.3. The number of anilines is 2. The number of amides is 1. The van der Waals surface area contributed by atoms with E-state index in [-0.39, 0.29) is 10.0 Å². The van der Waals surface area contributed by atoms with Crippen molar-refractivity contribution in [3.05, 3.63) is 94.4 Å². The highest BCUT2D eigenvalue weighted by atomic mass is 32.2. The summed E-state index contributed by atoms with van der Waals surface area (Å²) in [6.45, 7) is 6.13. The average Bonchev–Trinajstić information content (AvgIpc) is 3.17. The van der Waals surface area contributed by atoms with E-state index in [0.717, 1.165) is 53.1 Å². The van der Waals surface area contributed by atoms with Crippen molar-refractivity contribution in [2.45, 2.75) is 26.6 Å². The number of thiocarbonyl (C=S) groups is 1. The van der Waals surface area contributed by atoms with Crippen LogP contribution in [0.5, 0.6) is 5.75 Å². The van der Waals surface area contributed by atoms with Gasteiger partial charge in [-0.05, 0) is 55.8 Å². The smallest absolute Gasteiger partial charge is 0.416 e. The zero-order valence-electron chi connectivity index (χ0n) is 20.3. The SMILES string of the molecule is CCN(CC)c1ccc(/C=C2\SC(=S)N(c3cccc(C(F)(F)F)c3)C2=O)c(OCc2ccccc2)c1. The molecule has 1 amide bonds. The third-order valence-electron chi connectivity index (χ3n) is 5.87. The highest BCUT2D eigenvalue weighted by molar-refractivity contribution is 8.27. The molecule has 4 rings (SSSR count). The Balaban J connectivity index is 1.67. The Kier molecular flexibility index (Phi) is 8.24. The number of carbonyl (C=O) groups excluding carboxylic acids is 1. The van der Waals surface area contributed by atoms with Crippen LogP contribution in [0.15, 0.2) is 77.7 Å². The van der Waals surface area contributed by atoms with Crippen molar-refractivity contribution in [1.82, 2.24) is 0 Å². The minimum absolute atomic E-state index is 0.0816. The molecule has 1 aliphatic heterocycles. The number of ether oxygens (including phenoxy) is 1. The zero-order chi connectivity index (χ0) is 26.6. The first-order valence-electron chi connectivity index (χ1n) is 11.7. The summed E-state index contributed by atoms with van der Waals surface area (Å²) in [6.07, 6.45) is -2.84. The normalized spacial score (nSPS) is 14.9. The molecule has 0 aliphatic carbocycles. The van der Waals surface area contributed by atoms with E-state index in [1.807, 2.05) is 48.5 Å². The predicted molar refractivity (Wildman–Crippen MR) is 148 cm³/mol. The summed E-state index contributed by atoms with van der Waals surface area (Å²) in [5.41, 5.74) is 1.90. The first-order chi connectivity index (χ1) is 17.7. The fourth-order valence-corrected chi connectivity index (χ4v) is 5.23. The maximum atomic E-state index is 13.3. The Morgan fingerprint density at radius 3 is 2.41 bits per heavy atom. The van der Waals surface area contributed by atoms with Gasteiger partial charge in [-0.3, -0.25) is 9.69 Å². The topological polar surface area (TPSA) is 32.8 Å². The van der Waals surface area contributed by atoms with Gasteiger partial charge in [0.1, 0.15) is 12.4 Å². The van der Waals surface area contributed by atoms with E-state index < -0.39 is 17.6 Å². The van der Waals surface area contributed by atoms with Crippen LogP contribution in [0.4, 0.5) is 24.5 Å². The van der Waals surface area contributed by atoms with Crippen LogP contribution in [-0.2, 0) is 17.6 Å². The second kappa shape index (κ2) is 11.4. The van der Waals surface area contributed by atoms with Crippen molar-refractivity contribution in [2.24, 2.45) is 0 Å². The Hall–Kier alpha value is -3.30. The third kappa shape index (κ3) is 6.17. The van der Waals surface area contributed by atoms with Crippen LogP contribution in [0, 0.1) is 0 Å². The monoisotopic (exact) mass is 542 g/mol. The van der Waals surface area contributed by atoms with Crippen molar-refractivity contribution in [2.75, 3.05) is 22.9 Å². The lowest BCUT2D eigenvalue weighted by Crippen LogP contribution is -2.27. The number of carbonyl (C=O) groups is 1. The number of rotatable bonds is 8.